The molecule has 0 saturated carbocycles. The van der Waals surface area contributed by atoms with E-state index in [1.165, 1.54) is 45.3 Å². The van der Waals surface area contributed by atoms with Crippen molar-refractivity contribution in [3.05, 3.63) is 0 Å². The molecule has 1 unspecified atom stereocenters. The van der Waals surface area contributed by atoms with E-state index in [1.807, 2.05) is 7.11 Å². The first-order valence-corrected chi connectivity index (χ1v) is 7.74. The van der Waals surface area contributed by atoms with Crippen LogP contribution in [0.2, 0.25) is 0 Å². The summed E-state index contributed by atoms with van der Waals surface area (Å²) >= 11 is 0. The van der Waals surface area contributed by atoms with Crippen LogP contribution in [0.15, 0.2) is 0 Å². The molecule has 1 N–H and O–H groups in total. The zero-order chi connectivity index (χ0) is 13.7. The Morgan fingerprint density at radius 3 is 2.68 bits per heavy atom. The lowest BCUT2D eigenvalue weighted by Crippen LogP contribution is -2.48. The Bertz CT molecular complexity index is 261. The van der Waals surface area contributed by atoms with E-state index in [1.54, 1.807) is 0 Å². The van der Waals surface area contributed by atoms with E-state index >= 15 is 0 Å². The van der Waals surface area contributed by atoms with Gasteiger partial charge in [-0.3, -0.25) is 0 Å². The Labute approximate surface area is 118 Å². The number of nitrogens with zero attached hydrogens (tertiary/aromatic N) is 2. The SMILES string of the molecule is COCC1(CN(C)CC2CCCN2C)CCNCC1. The van der Waals surface area contributed by atoms with Crippen molar-refractivity contribution in [2.75, 3.05) is 60.5 Å². The number of likely N-dealkylation sites (tertiary alicyclic amines) is 1. The number of likely N-dealkylation sites (N-methyl/N-ethyl adjacent to an activating group) is 2. The van der Waals surface area contributed by atoms with Crippen molar-refractivity contribution in [1.82, 2.24) is 15.1 Å². The van der Waals surface area contributed by atoms with Crippen LogP contribution in [0.5, 0.6) is 0 Å². The second kappa shape index (κ2) is 7.02. The Balaban J connectivity index is 1.85. The molecule has 0 aromatic heterocycles. The lowest BCUT2D eigenvalue weighted by atomic mass is 9.79. The van der Waals surface area contributed by atoms with E-state index in [9.17, 15) is 0 Å². The third-order valence-electron chi connectivity index (χ3n) is 4.91. The summed E-state index contributed by atoms with van der Waals surface area (Å²) in [6.45, 7) is 6.83. The Kier molecular flexibility index (Phi) is 5.63. The highest BCUT2D eigenvalue weighted by molar-refractivity contribution is 4.88. The third-order valence-corrected chi connectivity index (χ3v) is 4.91. The van der Waals surface area contributed by atoms with E-state index in [-0.39, 0.29) is 0 Å². The second-order valence-electron chi connectivity index (χ2n) is 6.66. The number of methoxy groups -OCH3 is 1. The molecule has 0 radical (unpaired) electrons. The molecule has 2 aliphatic rings. The van der Waals surface area contributed by atoms with Crippen LogP contribution in [0.3, 0.4) is 0 Å². The molecule has 0 aromatic rings. The first-order chi connectivity index (χ1) is 9.15. The van der Waals surface area contributed by atoms with Crippen molar-refractivity contribution in [3.8, 4) is 0 Å². The minimum absolute atomic E-state index is 0.367. The monoisotopic (exact) mass is 269 g/mol. The maximum Gasteiger partial charge on any atom is 0.0531 e. The molecule has 0 spiro atoms. The number of rotatable bonds is 6. The molecule has 2 aliphatic heterocycles. The van der Waals surface area contributed by atoms with Gasteiger partial charge in [0.15, 0.2) is 0 Å². The highest BCUT2D eigenvalue weighted by Crippen LogP contribution is 2.30. The molecule has 2 fully saturated rings. The topological polar surface area (TPSA) is 27.7 Å². The van der Waals surface area contributed by atoms with Gasteiger partial charge in [-0.05, 0) is 59.4 Å². The van der Waals surface area contributed by atoms with E-state index in [0.717, 1.165) is 25.7 Å². The molecule has 2 saturated heterocycles. The van der Waals surface area contributed by atoms with Gasteiger partial charge in [0.25, 0.3) is 0 Å². The van der Waals surface area contributed by atoms with Gasteiger partial charge in [0, 0.05) is 31.7 Å². The van der Waals surface area contributed by atoms with Crippen LogP contribution < -0.4 is 5.32 Å². The maximum absolute atomic E-state index is 5.51. The number of nitrogens with one attached hydrogen (secondary N) is 1. The van der Waals surface area contributed by atoms with Crippen LogP contribution in [0.25, 0.3) is 0 Å². The number of hydrogen-bond acceptors (Lipinski definition) is 4. The van der Waals surface area contributed by atoms with E-state index in [4.69, 9.17) is 4.74 Å². The van der Waals surface area contributed by atoms with Crippen LogP contribution in [0.1, 0.15) is 25.7 Å². The van der Waals surface area contributed by atoms with Crippen molar-refractivity contribution in [2.45, 2.75) is 31.7 Å². The molecule has 112 valence electrons. The number of ether oxygens (including phenoxy) is 1. The van der Waals surface area contributed by atoms with Gasteiger partial charge in [-0.1, -0.05) is 0 Å². The molecule has 4 heteroatoms. The minimum Gasteiger partial charge on any atom is -0.384 e. The third kappa shape index (κ3) is 4.15. The summed E-state index contributed by atoms with van der Waals surface area (Å²) in [6, 6.07) is 0.756. The summed E-state index contributed by atoms with van der Waals surface area (Å²) in [5.41, 5.74) is 0.367. The fourth-order valence-electron chi connectivity index (χ4n) is 3.82. The highest BCUT2D eigenvalue weighted by Gasteiger charge is 2.34. The van der Waals surface area contributed by atoms with E-state index in [2.05, 4.69) is 29.2 Å². The Hall–Kier alpha value is -0.160. The highest BCUT2D eigenvalue weighted by atomic mass is 16.5. The maximum atomic E-state index is 5.51. The fraction of sp³-hybridized carbons (Fsp3) is 1.00. The molecule has 0 amide bonds. The average Bonchev–Trinajstić information content (AvgIpc) is 2.76. The summed E-state index contributed by atoms with van der Waals surface area (Å²) in [7, 11) is 6.39. The van der Waals surface area contributed by atoms with Crippen LogP contribution in [0.4, 0.5) is 0 Å². The predicted molar refractivity (Wildman–Crippen MR) is 79.6 cm³/mol. The lowest BCUT2D eigenvalue weighted by molar-refractivity contribution is 0.0244. The summed E-state index contributed by atoms with van der Waals surface area (Å²) in [5.74, 6) is 0. The summed E-state index contributed by atoms with van der Waals surface area (Å²) < 4.78 is 5.51. The normalized spacial score (nSPS) is 28.1. The first kappa shape index (κ1) is 15.2. The quantitative estimate of drug-likeness (QED) is 0.779. The van der Waals surface area contributed by atoms with Gasteiger partial charge < -0.3 is 19.9 Å². The lowest BCUT2D eigenvalue weighted by Gasteiger charge is -2.40. The van der Waals surface area contributed by atoms with Gasteiger partial charge in [-0.15, -0.1) is 0 Å². The van der Waals surface area contributed by atoms with Crippen molar-refractivity contribution in [1.29, 1.82) is 0 Å². The summed E-state index contributed by atoms with van der Waals surface area (Å²) in [6.07, 6.45) is 5.21. The molecular weight excluding hydrogens is 238 g/mol. The second-order valence-corrected chi connectivity index (χ2v) is 6.66. The zero-order valence-electron chi connectivity index (χ0n) is 13.0. The first-order valence-electron chi connectivity index (χ1n) is 7.74. The summed E-state index contributed by atoms with van der Waals surface area (Å²) in [5, 5.41) is 3.47. The van der Waals surface area contributed by atoms with Gasteiger partial charge in [0.2, 0.25) is 0 Å². The van der Waals surface area contributed by atoms with Crippen molar-refractivity contribution >= 4 is 0 Å². The summed E-state index contributed by atoms with van der Waals surface area (Å²) in [4.78, 5) is 5.05. The molecule has 2 rings (SSSR count). The van der Waals surface area contributed by atoms with Gasteiger partial charge in [-0.25, -0.2) is 0 Å². The number of piperidine rings is 1. The van der Waals surface area contributed by atoms with Gasteiger partial charge in [-0.2, -0.15) is 0 Å². The van der Waals surface area contributed by atoms with Gasteiger partial charge >= 0.3 is 0 Å². The van der Waals surface area contributed by atoms with Crippen molar-refractivity contribution < 1.29 is 4.74 Å². The Morgan fingerprint density at radius 2 is 2.11 bits per heavy atom. The largest absolute Gasteiger partial charge is 0.384 e. The van der Waals surface area contributed by atoms with Crippen LogP contribution >= 0.6 is 0 Å². The van der Waals surface area contributed by atoms with Gasteiger partial charge in [0.1, 0.15) is 0 Å². The number of hydrogen-bond donors (Lipinski definition) is 1. The minimum atomic E-state index is 0.367. The molecule has 0 aliphatic carbocycles. The molecule has 1 atom stereocenters. The predicted octanol–water partition coefficient (Wildman–Crippen LogP) is 1.03. The average molecular weight is 269 g/mol. The van der Waals surface area contributed by atoms with E-state index < -0.39 is 0 Å². The van der Waals surface area contributed by atoms with Crippen molar-refractivity contribution in [2.24, 2.45) is 5.41 Å². The van der Waals surface area contributed by atoms with E-state index in [0.29, 0.717) is 5.41 Å². The smallest absolute Gasteiger partial charge is 0.0531 e. The zero-order valence-corrected chi connectivity index (χ0v) is 13.0. The Morgan fingerprint density at radius 1 is 1.37 bits per heavy atom. The van der Waals surface area contributed by atoms with Crippen LogP contribution in [-0.2, 0) is 4.74 Å². The molecule has 0 aromatic carbocycles. The van der Waals surface area contributed by atoms with Crippen molar-refractivity contribution in [3.63, 3.8) is 0 Å². The molecule has 2 heterocycles. The molecule has 4 nitrogen and oxygen atoms in total. The standard InChI is InChI=1S/C15H31N3O/c1-17(11-14-5-4-10-18(14)2)12-15(13-19-3)6-8-16-9-7-15/h14,16H,4-13H2,1-3H3. The molecule has 19 heavy (non-hydrogen) atoms. The van der Waals surface area contributed by atoms with Gasteiger partial charge in [0.05, 0.1) is 6.61 Å². The van der Waals surface area contributed by atoms with Crippen LogP contribution in [0, 0.1) is 5.41 Å². The molecular formula is C15H31N3O. The molecule has 0 bridgehead atoms. The van der Waals surface area contributed by atoms with Crippen LogP contribution in [-0.4, -0.2) is 76.4 Å². The fourth-order valence-corrected chi connectivity index (χ4v) is 3.82.